The van der Waals surface area contributed by atoms with Gasteiger partial charge in [-0.2, -0.15) is 0 Å². The fourth-order valence-electron chi connectivity index (χ4n) is 3.94. The molecular formula is C20H24FN5O. The van der Waals surface area contributed by atoms with Crippen molar-refractivity contribution in [2.24, 2.45) is 0 Å². The van der Waals surface area contributed by atoms with E-state index in [9.17, 15) is 9.18 Å². The summed E-state index contributed by atoms with van der Waals surface area (Å²) in [6, 6.07) is 8.42. The van der Waals surface area contributed by atoms with Gasteiger partial charge in [0.15, 0.2) is 0 Å². The Kier molecular flexibility index (Phi) is 5.29. The molecule has 0 bridgehead atoms. The number of anilines is 1. The highest BCUT2D eigenvalue weighted by Gasteiger charge is 2.31. The molecule has 2 aromatic rings. The van der Waals surface area contributed by atoms with Gasteiger partial charge in [0.05, 0.1) is 12.6 Å². The van der Waals surface area contributed by atoms with Gasteiger partial charge in [0.1, 0.15) is 5.82 Å². The Morgan fingerprint density at radius 2 is 1.74 bits per heavy atom. The second kappa shape index (κ2) is 8.00. The summed E-state index contributed by atoms with van der Waals surface area (Å²) < 4.78 is 13.2. The van der Waals surface area contributed by atoms with Gasteiger partial charge in [-0.25, -0.2) is 14.4 Å². The minimum absolute atomic E-state index is 0.0668. The number of carbonyl (C=O) groups is 1. The van der Waals surface area contributed by atoms with E-state index in [2.05, 4.69) is 19.8 Å². The zero-order valence-electron chi connectivity index (χ0n) is 15.3. The molecule has 0 saturated carbocycles. The number of nitrogens with zero attached hydrogens (tertiary/aromatic N) is 5. The normalized spacial score (nSPS) is 20.9. The lowest BCUT2D eigenvalue weighted by Gasteiger charge is -2.35. The van der Waals surface area contributed by atoms with E-state index in [0.717, 1.165) is 57.1 Å². The number of amides is 1. The van der Waals surface area contributed by atoms with Crippen molar-refractivity contribution in [3.8, 4) is 0 Å². The average Bonchev–Trinajstić information content (AvgIpc) is 3.20. The Hall–Kier alpha value is -2.54. The Morgan fingerprint density at radius 3 is 2.44 bits per heavy atom. The van der Waals surface area contributed by atoms with Crippen LogP contribution in [0.3, 0.4) is 0 Å². The smallest absolute Gasteiger partial charge is 0.237 e. The average molecular weight is 369 g/mol. The molecule has 1 amide bonds. The molecule has 0 unspecified atom stereocenters. The van der Waals surface area contributed by atoms with E-state index < -0.39 is 0 Å². The Balaban J connectivity index is 1.33. The first-order chi connectivity index (χ1) is 13.2. The predicted molar refractivity (Wildman–Crippen MR) is 101 cm³/mol. The zero-order valence-corrected chi connectivity index (χ0v) is 15.3. The SMILES string of the molecule is O=C(CN1CCN(c2ncccn2)CC1)N1CCC[C@@H]1c1ccc(F)cc1. The molecule has 2 saturated heterocycles. The van der Waals surface area contributed by atoms with Crippen molar-refractivity contribution in [1.29, 1.82) is 0 Å². The van der Waals surface area contributed by atoms with Crippen molar-refractivity contribution in [2.75, 3.05) is 44.2 Å². The van der Waals surface area contributed by atoms with Crippen LogP contribution in [0.4, 0.5) is 10.3 Å². The Labute approximate surface area is 158 Å². The third kappa shape index (κ3) is 4.08. The zero-order chi connectivity index (χ0) is 18.6. The number of aromatic nitrogens is 2. The summed E-state index contributed by atoms with van der Waals surface area (Å²) in [7, 11) is 0. The van der Waals surface area contributed by atoms with Crippen LogP contribution < -0.4 is 4.90 Å². The first-order valence-electron chi connectivity index (χ1n) is 9.50. The van der Waals surface area contributed by atoms with Gasteiger partial charge >= 0.3 is 0 Å². The molecule has 1 aromatic heterocycles. The lowest BCUT2D eigenvalue weighted by molar-refractivity contribution is -0.133. The van der Waals surface area contributed by atoms with Crippen LogP contribution in [0.25, 0.3) is 0 Å². The number of likely N-dealkylation sites (tertiary alicyclic amines) is 1. The molecule has 2 aliphatic rings. The largest absolute Gasteiger partial charge is 0.338 e. The van der Waals surface area contributed by atoms with Gasteiger partial charge in [0, 0.05) is 45.1 Å². The maximum atomic E-state index is 13.2. The topological polar surface area (TPSA) is 52.6 Å². The van der Waals surface area contributed by atoms with Gasteiger partial charge in [-0.05, 0) is 36.6 Å². The predicted octanol–water partition coefficient (Wildman–Crippen LogP) is 2.10. The van der Waals surface area contributed by atoms with Crippen molar-refractivity contribution in [3.05, 3.63) is 54.1 Å². The van der Waals surface area contributed by atoms with Crippen LogP contribution in [-0.2, 0) is 4.79 Å². The van der Waals surface area contributed by atoms with Crippen molar-refractivity contribution in [1.82, 2.24) is 19.8 Å². The highest BCUT2D eigenvalue weighted by molar-refractivity contribution is 5.79. The number of hydrogen-bond donors (Lipinski definition) is 0. The van der Waals surface area contributed by atoms with Crippen molar-refractivity contribution >= 4 is 11.9 Å². The van der Waals surface area contributed by atoms with Gasteiger partial charge in [-0.3, -0.25) is 9.69 Å². The van der Waals surface area contributed by atoms with Crippen LogP contribution in [-0.4, -0.2) is 64.9 Å². The molecule has 6 nitrogen and oxygen atoms in total. The summed E-state index contributed by atoms with van der Waals surface area (Å²) in [5.74, 6) is 0.667. The summed E-state index contributed by atoms with van der Waals surface area (Å²) in [6.45, 7) is 4.48. The molecule has 2 aliphatic heterocycles. The number of benzene rings is 1. The maximum absolute atomic E-state index is 13.2. The lowest BCUT2D eigenvalue weighted by Crippen LogP contribution is -2.50. The Morgan fingerprint density at radius 1 is 1.04 bits per heavy atom. The fourth-order valence-corrected chi connectivity index (χ4v) is 3.94. The van der Waals surface area contributed by atoms with E-state index in [-0.39, 0.29) is 17.8 Å². The monoisotopic (exact) mass is 369 g/mol. The molecule has 7 heteroatoms. The third-order valence-corrected chi connectivity index (χ3v) is 5.39. The van der Waals surface area contributed by atoms with E-state index >= 15 is 0 Å². The highest BCUT2D eigenvalue weighted by Crippen LogP contribution is 2.32. The molecule has 27 heavy (non-hydrogen) atoms. The van der Waals surface area contributed by atoms with Crippen molar-refractivity contribution in [3.63, 3.8) is 0 Å². The number of hydrogen-bond acceptors (Lipinski definition) is 5. The Bertz CT molecular complexity index is 762. The summed E-state index contributed by atoms with van der Waals surface area (Å²) in [4.78, 5) is 27.8. The third-order valence-electron chi connectivity index (χ3n) is 5.39. The van der Waals surface area contributed by atoms with Gasteiger partial charge < -0.3 is 9.80 Å². The van der Waals surface area contributed by atoms with Crippen LogP contribution >= 0.6 is 0 Å². The summed E-state index contributed by atoms with van der Waals surface area (Å²) in [5.41, 5.74) is 1.02. The molecule has 4 rings (SSSR count). The number of piperazine rings is 1. The van der Waals surface area contributed by atoms with E-state index in [1.807, 2.05) is 11.0 Å². The first-order valence-corrected chi connectivity index (χ1v) is 9.50. The molecule has 0 aliphatic carbocycles. The minimum Gasteiger partial charge on any atom is -0.338 e. The van der Waals surface area contributed by atoms with Crippen molar-refractivity contribution < 1.29 is 9.18 Å². The summed E-state index contributed by atoms with van der Waals surface area (Å²) in [5, 5.41) is 0. The first kappa shape index (κ1) is 17.9. The maximum Gasteiger partial charge on any atom is 0.237 e. The van der Waals surface area contributed by atoms with E-state index in [0.29, 0.717) is 6.54 Å². The van der Waals surface area contributed by atoms with Crippen LogP contribution in [0, 0.1) is 5.82 Å². The van der Waals surface area contributed by atoms with Gasteiger partial charge in [0.2, 0.25) is 11.9 Å². The summed E-state index contributed by atoms with van der Waals surface area (Å²) >= 11 is 0. The number of carbonyl (C=O) groups excluding carboxylic acids is 1. The standard InChI is InChI=1S/C20H24FN5O/c21-17-6-4-16(5-7-17)18-3-1-10-26(18)19(27)15-24-11-13-25(14-12-24)20-22-8-2-9-23-20/h2,4-9,18H,1,3,10-15H2/t18-/m1/s1. The van der Waals surface area contributed by atoms with Crippen molar-refractivity contribution in [2.45, 2.75) is 18.9 Å². The molecule has 1 atom stereocenters. The molecule has 0 N–H and O–H groups in total. The fraction of sp³-hybridized carbons (Fsp3) is 0.450. The quantitative estimate of drug-likeness (QED) is 0.826. The van der Waals surface area contributed by atoms with Crippen LogP contribution in [0.1, 0.15) is 24.4 Å². The number of rotatable bonds is 4. The summed E-state index contributed by atoms with van der Waals surface area (Å²) in [6.07, 6.45) is 5.44. The van der Waals surface area contributed by atoms with Crippen LogP contribution in [0.5, 0.6) is 0 Å². The van der Waals surface area contributed by atoms with Gasteiger partial charge in [-0.15, -0.1) is 0 Å². The second-order valence-corrected chi connectivity index (χ2v) is 7.11. The molecule has 3 heterocycles. The molecule has 0 radical (unpaired) electrons. The molecule has 142 valence electrons. The highest BCUT2D eigenvalue weighted by atomic mass is 19.1. The van der Waals surface area contributed by atoms with E-state index in [4.69, 9.17) is 0 Å². The molecule has 1 aromatic carbocycles. The van der Waals surface area contributed by atoms with Crippen LogP contribution in [0.15, 0.2) is 42.7 Å². The molecule has 2 fully saturated rings. The second-order valence-electron chi connectivity index (χ2n) is 7.11. The van der Waals surface area contributed by atoms with Crippen LogP contribution in [0.2, 0.25) is 0 Å². The minimum atomic E-state index is -0.241. The number of halogens is 1. The lowest BCUT2D eigenvalue weighted by atomic mass is 10.0. The van der Waals surface area contributed by atoms with Gasteiger partial charge in [-0.1, -0.05) is 12.1 Å². The van der Waals surface area contributed by atoms with E-state index in [1.54, 1.807) is 24.5 Å². The molecule has 0 spiro atoms. The molecular weight excluding hydrogens is 345 g/mol. The van der Waals surface area contributed by atoms with Gasteiger partial charge in [0.25, 0.3) is 0 Å². The van der Waals surface area contributed by atoms with E-state index in [1.165, 1.54) is 12.1 Å².